The highest BCUT2D eigenvalue weighted by atomic mass is 35.5. The van der Waals surface area contributed by atoms with Gasteiger partial charge in [0.15, 0.2) is 0 Å². The smallest absolute Gasteiger partial charge is 0.233 e. The minimum atomic E-state index is -0.0167. The standard InChI is InChI=1S/C21H34N10.ClH/c1-12-3-4-18(5-13(12)2)26-19-27-20(30-8-14(22)6-15(23)9-30)29-21(28-19)31-10-16(24)7-17(25)11-31;/h3-5,14-17H,6-11,22-25H2,1-2H3,(H,26,27,28,29);1H/t14-,15+,16-,17+;. The van der Waals surface area contributed by atoms with E-state index >= 15 is 0 Å². The van der Waals surface area contributed by atoms with E-state index in [0.717, 1.165) is 18.5 Å². The molecule has 2 aliphatic heterocycles. The first-order chi connectivity index (χ1) is 14.8. The van der Waals surface area contributed by atoms with Crippen LogP contribution in [0, 0.1) is 13.8 Å². The Balaban J connectivity index is 0.00000289. The fourth-order valence-corrected chi connectivity index (χ4v) is 4.32. The van der Waals surface area contributed by atoms with Gasteiger partial charge in [-0.25, -0.2) is 0 Å². The lowest BCUT2D eigenvalue weighted by atomic mass is 10.0. The molecule has 2 fully saturated rings. The van der Waals surface area contributed by atoms with Crippen LogP contribution in [0.2, 0.25) is 0 Å². The third kappa shape index (κ3) is 5.76. The molecule has 4 atom stereocenters. The highest BCUT2D eigenvalue weighted by molar-refractivity contribution is 5.85. The topological polar surface area (TPSA) is 161 Å². The minimum Gasteiger partial charge on any atom is -0.338 e. The Morgan fingerprint density at radius 2 is 1.22 bits per heavy atom. The zero-order valence-corrected chi connectivity index (χ0v) is 19.6. The van der Waals surface area contributed by atoms with Crippen molar-refractivity contribution in [1.29, 1.82) is 0 Å². The van der Waals surface area contributed by atoms with Gasteiger partial charge in [0, 0.05) is 56.0 Å². The molecule has 0 aliphatic carbocycles. The van der Waals surface area contributed by atoms with Gasteiger partial charge in [-0.15, -0.1) is 12.4 Å². The van der Waals surface area contributed by atoms with Gasteiger partial charge in [-0.3, -0.25) is 0 Å². The van der Waals surface area contributed by atoms with Crippen LogP contribution in [0.4, 0.5) is 23.5 Å². The number of hydrogen-bond acceptors (Lipinski definition) is 10. The van der Waals surface area contributed by atoms with Gasteiger partial charge >= 0.3 is 0 Å². The predicted octanol–water partition coefficient (Wildman–Crippen LogP) is 0.383. The number of halogens is 1. The van der Waals surface area contributed by atoms with Crippen LogP contribution in [-0.4, -0.2) is 65.3 Å². The summed E-state index contributed by atoms with van der Waals surface area (Å²) in [6, 6.07) is 6.11. The van der Waals surface area contributed by atoms with Gasteiger partial charge in [-0.1, -0.05) is 6.07 Å². The van der Waals surface area contributed by atoms with Gasteiger partial charge in [0.2, 0.25) is 17.8 Å². The van der Waals surface area contributed by atoms with Crippen molar-refractivity contribution in [2.24, 2.45) is 22.9 Å². The highest BCUT2D eigenvalue weighted by Crippen LogP contribution is 2.24. The molecule has 176 valence electrons. The van der Waals surface area contributed by atoms with Crippen molar-refractivity contribution in [1.82, 2.24) is 15.0 Å². The van der Waals surface area contributed by atoms with Crippen LogP contribution in [0.3, 0.4) is 0 Å². The maximum Gasteiger partial charge on any atom is 0.233 e. The molecule has 1 aromatic heterocycles. The quantitative estimate of drug-likeness (QED) is 0.429. The molecule has 4 rings (SSSR count). The monoisotopic (exact) mass is 462 g/mol. The molecule has 0 bridgehead atoms. The summed E-state index contributed by atoms with van der Waals surface area (Å²) in [6.07, 6.45) is 1.58. The zero-order chi connectivity index (χ0) is 22.1. The Kier molecular flexibility index (Phi) is 7.73. The molecule has 2 aliphatic rings. The summed E-state index contributed by atoms with van der Waals surface area (Å²) in [7, 11) is 0. The van der Waals surface area contributed by atoms with Gasteiger partial charge < -0.3 is 38.1 Å². The van der Waals surface area contributed by atoms with Gasteiger partial charge in [0.1, 0.15) is 0 Å². The number of piperidine rings is 2. The van der Waals surface area contributed by atoms with E-state index in [1.165, 1.54) is 11.1 Å². The van der Waals surface area contributed by atoms with Crippen LogP contribution in [0.25, 0.3) is 0 Å². The van der Waals surface area contributed by atoms with E-state index in [4.69, 9.17) is 37.9 Å². The molecule has 9 N–H and O–H groups in total. The van der Waals surface area contributed by atoms with Crippen LogP contribution in [0.1, 0.15) is 24.0 Å². The van der Waals surface area contributed by atoms with Crippen molar-refractivity contribution < 1.29 is 0 Å². The third-order valence-electron chi connectivity index (χ3n) is 5.97. The first-order valence-corrected chi connectivity index (χ1v) is 10.9. The molecular weight excluding hydrogens is 428 g/mol. The van der Waals surface area contributed by atoms with Crippen molar-refractivity contribution in [2.75, 3.05) is 41.3 Å². The van der Waals surface area contributed by atoms with E-state index in [9.17, 15) is 0 Å². The average molecular weight is 463 g/mol. The molecule has 10 nitrogen and oxygen atoms in total. The normalized spacial score (nSPS) is 25.9. The maximum atomic E-state index is 6.21. The number of nitrogens with zero attached hydrogens (tertiary/aromatic N) is 5. The van der Waals surface area contributed by atoms with Crippen LogP contribution in [0.5, 0.6) is 0 Å². The van der Waals surface area contributed by atoms with Crippen molar-refractivity contribution in [3.63, 3.8) is 0 Å². The van der Waals surface area contributed by atoms with Crippen molar-refractivity contribution in [2.45, 2.75) is 50.9 Å². The minimum absolute atomic E-state index is 0. The van der Waals surface area contributed by atoms with Crippen LogP contribution in [-0.2, 0) is 0 Å². The molecule has 0 unspecified atom stereocenters. The lowest BCUT2D eigenvalue weighted by Crippen LogP contribution is -2.54. The number of aromatic nitrogens is 3. The lowest BCUT2D eigenvalue weighted by Gasteiger charge is -2.37. The second-order valence-corrected chi connectivity index (χ2v) is 9.00. The Hall–Kier alpha value is -2.24. The van der Waals surface area contributed by atoms with E-state index in [1.54, 1.807) is 0 Å². The highest BCUT2D eigenvalue weighted by Gasteiger charge is 2.28. The number of rotatable bonds is 4. The molecule has 0 saturated carbocycles. The van der Waals surface area contributed by atoms with E-state index in [1.807, 2.05) is 15.9 Å². The largest absolute Gasteiger partial charge is 0.338 e. The van der Waals surface area contributed by atoms with Crippen molar-refractivity contribution >= 4 is 35.9 Å². The summed E-state index contributed by atoms with van der Waals surface area (Å²) >= 11 is 0. The zero-order valence-electron chi connectivity index (χ0n) is 18.7. The molecule has 3 heterocycles. The number of nitrogens with one attached hydrogen (secondary N) is 1. The van der Waals surface area contributed by atoms with Gasteiger partial charge in [0.05, 0.1) is 0 Å². The molecule has 11 heteroatoms. The summed E-state index contributed by atoms with van der Waals surface area (Å²) in [5.41, 5.74) is 28.2. The summed E-state index contributed by atoms with van der Waals surface area (Å²) in [5.74, 6) is 1.60. The number of aryl methyl sites for hydroxylation is 2. The number of benzene rings is 1. The molecule has 0 amide bonds. The lowest BCUT2D eigenvalue weighted by molar-refractivity contribution is 0.441. The molecule has 2 saturated heterocycles. The van der Waals surface area contributed by atoms with Gasteiger partial charge in [-0.2, -0.15) is 15.0 Å². The second-order valence-electron chi connectivity index (χ2n) is 9.00. The SMILES string of the molecule is Cc1ccc(Nc2nc(N3C[C@H](N)C[C@H](N)C3)nc(N3C[C@H](N)C[C@H](N)C3)n2)cc1C.Cl. The van der Waals surface area contributed by atoms with Gasteiger partial charge in [0.25, 0.3) is 0 Å². The van der Waals surface area contributed by atoms with E-state index in [2.05, 4.69) is 31.3 Å². The van der Waals surface area contributed by atoms with E-state index in [-0.39, 0.29) is 36.6 Å². The molecular formula is C21H35ClN10. The fraction of sp³-hybridized carbons (Fsp3) is 0.571. The second kappa shape index (κ2) is 10.1. The maximum absolute atomic E-state index is 6.21. The summed E-state index contributed by atoms with van der Waals surface area (Å²) < 4.78 is 0. The summed E-state index contributed by atoms with van der Waals surface area (Å²) in [6.45, 7) is 6.78. The Labute approximate surface area is 195 Å². The third-order valence-corrected chi connectivity index (χ3v) is 5.97. The van der Waals surface area contributed by atoms with Crippen molar-refractivity contribution in [3.05, 3.63) is 29.3 Å². The summed E-state index contributed by atoms with van der Waals surface area (Å²) in [5, 5.41) is 3.34. The fourth-order valence-electron chi connectivity index (χ4n) is 4.32. The molecule has 0 radical (unpaired) electrons. The first-order valence-electron chi connectivity index (χ1n) is 10.9. The summed E-state index contributed by atoms with van der Waals surface area (Å²) in [4.78, 5) is 18.2. The van der Waals surface area contributed by atoms with Crippen LogP contribution in [0.15, 0.2) is 18.2 Å². The van der Waals surface area contributed by atoms with E-state index < -0.39 is 0 Å². The molecule has 32 heavy (non-hydrogen) atoms. The predicted molar refractivity (Wildman–Crippen MR) is 132 cm³/mol. The molecule has 2 aromatic rings. The van der Waals surface area contributed by atoms with E-state index in [0.29, 0.717) is 44.0 Å². The Morgan fingerprint density at radius 3 is 1.66 bits per heavy atom. The number of nitrogens with two attached hydrogens (primary N) is 4. The number of anilines is 4. The Bertz CT molecular complexity index is 861. The van der Waals surface area contributed by atoms with Crippen molar-refractivity contribution in [3.8, 4) is 0 Å². The molecule has 0 spiro atoms. The average Bonchev–Trinajstić information content (AvgIpc) is 2.69. The van der Waals surface area contributed by atoms with Crippen LogP contribution >= 0.6 is 12.4 Å². The molecule has 1 aromatic carbocycles. The number of hydrogen-bond donors (Lipinski definition) is 5. The van der Waals surface area contributed by atoms with Gasteiger partial charge in [-0.05, 0) is 49.9 Å². The first kappa shape index (κ1) is 24.4. The Morgan fingerprint density at radius 1 is 0.750 bits per heavy atom. The van der Waals surface area contributed by atoms with Crippen LogP contribution < -0.4 is 38.1 Å².